The van der Waals surface area contributed by atoms with Gasteiger partial charge in [0.2, 0.25) is 0 Å². The van der Waals surface area contributed by atoms with E-state index in [-0.39, 0.29) is 11.5 Å². The van der Waals surface area contributed by atoms with Gasteiger partial charge in [0.25, 0.3) is 0 Å². The Morgan fingerprint density at radius 3 is 3.07 bits per heavy atom. The van der Waals surface area contributed by atoms with Crippen LogP contribution in [0.1, 0.15) is 38.9 Å². The van der Waals surface area contributed by atoms with Crippen LogP contribution in [0, 0.1) is 0 Å². The Morgan fingerprint density at radius 2 is 2.50 bits per heavy atom. The molecule has 0 bridgehead atoms. The number of hydrogen-bond donors (Lipinski definition) is 1. The highest BCUT2D eigenvalue weighted by atomic mass is 16.3. The summed E-state index contributed by atoms with van der Waals surface area (Å²) in [6.45, 7) is 5.29. The molecule has 1 N–H and O–H groups in total. The Hall–Kier alpha value is -0.830. The lowest BCUT2D eigenvalue weighted by atomic mass is 9.87. The fraction of sp³-hybridized carbons (Fsp3) is 0.727. The van der Waals surface area contributed by atoms with E-state index in [1.54, 1.807) is 0 Å². The topological polar surface area (TPSA) is 38.0 Å². The molecule has 1 aromatic rings. The maximum atomic E-state index is 9.59. The molecule has 1 heterocycles. The molecule has 2 atom stereocenters. The average Bonchev–Trinajstić information content (AvgIpc) is 2.73. The lowest BCUT2D eigenvalue weighted by Crippen LogP contribution is -2.24. The Balaban J connectivity index is 2.30. The van der Waals surface area contributed by atoms with Crippen LogP contribution >= 0.6 is 0 Å². The average molecular weight is 194 g/mol. The summed E-state index contributed by atoms with van der Waals surface area (Å²) in [4.78, 5) is 4.43. The van der Waals surface area contributed by atoms with Crippen LogP contribution < -0.4 is 0 Å². The van der Waals surface area contributed by atoms with Crippen LogP contribution in [0.25, 0.3) is 0 Å². The van der Waals surface area contributed by atoms with Crippen LogP contribution in [0.15, 0.2) is 12.4 Å². The summed E-state index contributed by atoms with van der Waals surface area (Å²) in [5.74, 6) is 1.14. The van der Waals surface area contributed by atoms with Gasteiger partial charge >= 0.3 is 0 Å². The predicted octanol–water partition coefficient (Wildman–Crippen LogP) is 1.71. The third-order valence-corrected chi connectivity index (χ3v) is 3.31. The molecule has 14 heavy (non-hydrogen) atoms. The monoisotopic (exact) mass is 194 g/mol. The molecule has 1 aromatic heterocycles. The molecule has 3 heteroatoms. The third-order valence-electron chi connectivity index (χ3n) is 3.31. The number of aliphatic hydroxyl groups excluding tert-OH is 1. The Bertz CT molecular complexity index is 321. The van der Waals surface area contributed by atoms with E-state index in [0.29, 0.717) is 0 Å². The van der Waals surface area contributed by atoms with Crippen molar-refractivity contribution in [2.75, 3.05) is 0 Å². The molecular weight excluding hydrogens is 176 g/mol. The molecule has 0 aromatic carbocycles. The van der Waals surface area contributed by atoms with E-state index in [1.165, 1.54) is 0 Å². The van der Waals surface area contributed by atoms with Gasteiger partial charge in [0.05, 0.1) is 6.10 Å². The molecule has 3 nitrogen and oxygen atoms in total. The number of imidazole rings is 1. The molecule has 0 saturated heterocycles. The number of aliphatic hydroxyl groups is 1. The van der Waals surface area contributed by atoms with E-state index in [1.807, 2.05) is 12.4 Å². The van der Waals surface area contributed by atoms with Crippen molar-refractivity contribution in [1.29, 1.82) is 0 Å². The van der Waals surface area contributed by atoms with Crippen molar-refractivity contribution in [1.82, 2.24) is 9.55 Å². The lowest BCUT2D eigenvalue weighted by molar-refractivity contribution is 0.174. The zero-order valence-corrected chi connectivity index (χ0v) is 8.90. The molecule has 0 amide bonds. The molecule has 1 saturated carbocycles. The summed E-state index contributed by atoms with van der Waals surface area (Å²) in [6, 6.07) is 0. The normalized spacial score (nSPS) is 32.4. The van der Waals surface area contributed by atoms with Gasteiger partial charge in [0.15, 0.2) is 0 Å². The Labute approximate surface area is 84.8 Å². The summed E-state index contributed by atoms with van der Waals surface area (Å²) in [5.41, 5.74) is 0.0823. The molecule has 0 aliphatic heterocycles. The molecule has 1 aliphatic carbocycles. The standard InChI is InChI=1S/C11H18N2O/c1-3-13-7-6-12-10(13)11(2)5-4-9(14)8-11/h6-7,9,14H,3-5,8H2,1-2H3. The van der Waals surface area contributed by atoms with Crippen LogP contribution in [-0.4, -0.2) is 20.8 Å². The second kappa shape index (κ2) is 3.39. The van der Waals surface area contributed by atoms with Gasteiger partial charge in [-0.25, -0.2) is 4.98 Å². The lowest BCUT2D eigenvalue weighted by Gasteiger charge is -2.23. The minimum atomic E-state index is -0.137. The van der Waals surface area contributed by atoms with Crippen molar-refractivity contribution in [3.63, 3.8) is 0 Å². The first-order chi connectivity index (χ1) is 6.65. The van der Waals surface area contributed by atoms with Crippen molar-refractivity contribution in [3.8, 4) is 0 Å². The van der Waals surface area contributed by atoms with Crippen molar-refractivity contribution < 1.29 is 5.11 Å². The van der Waals surface area contributed by atoms with E-state index < -0.39 is 0 Å². The first kappa shape index (κ1) is 9.71. The van der Waals surface area contributed by atoms with Gasteiger partial charge in [-0.05, 0) is 26.2 Å². The molecule has 1 fully saturated rings. The Kier molecular flexibility index (Phi) is 2.35. The van der Waals surface area contributed by atoms with E-state index >= 15 is 0 Å². The highest BCUT2D eigenvalue weighted by molar-refractivity contribution is 5.12. The second-order valence-corrected chi connectivity index (χ2v) is 4.49. The summed E-state index contributed by atoms with van der Waals surface area (Å²) in [5, 5.41) is 9.59. The first-order valence-electron chi connectivity index (χ1n) is 5.35. The minimum absolute atomic E-state index is 0.0823. The molecule has 2 unspecified atom stereocenters. The highest BCUT2D eigenvalue weighted by Crippen LogP contribution is 2.39. The van der Waals surface area contributed by atoms with E-state index in [4.69, 9.17) is 0 Å². The highest BCUT2D eigenvalue weighted by Gasteiger charge is 2.38. The number of nitrogens with zero attached hydrogens (tertiary/aromatic N) is 2. The van der Waals surface area contributed by atoms with Crippen molar-refractivity contribution in [2.24, 2.45) is 0 Å². The minimum Gasteiger partial charge on any atom is -0.393 e. The van der Waals surface area contributed by atoms with Gasteiger partial charge in [-0.3, -0.25) is 0 Å². The van der Waals surface area contributed by atoms with Crippen molar-refractivity contribution in [3.05, 3.63) is 18.2 Å². The van der Waals surface area contributed by atoms with Crippen LogP contribution in [-0.2, 0) is 12.0 Å². The van der Waals surface area contributed by atoms with Crippen LogP contribution in [0.4, 0.5) is 0 Å². The molecule has 78 valence electrons. The van der Waals surface area contributed by atoms with E-state index in [0.717, 1.165) is 31.6 Å². The number of hydrogen-bond acceptors (Lipinski definition) is 2. The maximum absolute atomic E-state index is 9.59. The second-order valence-electron chi connectivity index (χ2n) is 4.49. The molecule has 1 aliphatic rings. The number of aryl methyl sites for hydroxylation is 1. The number of aromatic nitrogens is 2. The van der Waals surface area contributed by atoms with Crippen molar-refractivity contribution in [2.45, 2.75) is 51.2 Å². The fourth-order valence-electron chi connectivity index (χ4n) is 2.50. The van der Waals surface area contributed by atoms with Gasteiger partial charge in [-0.2, -0.15) is 0 Å². The Morgan fingerprint density at radius 1 is 1.71 bits per heavy atom. The molecule has 2 rings (SSSR count). The third kappa shape index (κ3) is 1.46. The van der Waals surface area contributed by atoms with Crippen molar-refractivity contribution >= 4 is 0 Å². The van der Waals surface area contributed by atoms with Gasteiger partial charge in [0, 0.05) is 24.4 Å². The molecular formula is C11H18N2O. The first-order valence-corrected chi connectivity index (χ1v) is 5.35. The van der Waals surface area contributed by atoms with Crippen LogP contribution in [0.5, 0.6) is 0 Å². The largest absolute Gasteiger partial charge is 0.393 e. The van der Waals surface area contributed by atoms with Crippen LogP contribution in [0.2, 0.25) is 0 Å². The zero-order chi connectivity index (χ0) is 10.2. The van der Waals surface area contributed by atoms with E-state index in [2.05, 4.69) is 23.4 Å². The van der Waals surface area contributed by atoms with E-state index in [9.17, 15) is 5.11 Å². The number of rotatable bonds is 2. The fourth-order valence-corrected chi connectivity index (χ4v) is 2.50. The maximum Gasteiger partial charge on any atom is 0.114 e. The van der Waals surface area contributed by atoms with Gasteiger partial charge in [0.1, 0.15) is 5.82 Å². The summed E-state index contributed by atoms with van der Waals surface area (Å²) >= 11 is 0. The summed E-state index contributed by atoms with van der Waals surface area (Å²) < 4.78 is 2.18. The molecule has 0 spiro atoms. The van der Waals surface area contributed by atoms with Gasteiger partial charge in [-0.1, -0.05) is 6.92 Å². The predicted molar refractivity (Wildman–Crippen MR) is 55.1 cm³/mol. The molecule has 0 radical (unpaired) electrons. The summed E-state index contributed by atoms with van der Waals surface area (Å²) in [7, 11) is 0. The quantitative estimate of drug-likeness (QED) is 0.778. The SMILES string of the molecule is CCn1ccnc1C1(C)CCC(O)C1. The van der Waals surface area contributed by atoms with Gasteiger partial charge in [-0.15, -0.1) is 0 Å². The van der Waals surface area contributed by atoms with Crippen LogP contribution in [0.3, 0.4) is 0 Å². The smallest absolute Gasteiger partial charge is 0.114 e. The summed E-state index contributed by atoms with van der Waals surface area (Å²) in [6.07, 6.45) is 6.55. The zero-order valence-electron chi connectivity index (χ0n) is 8.90. The van der Waals surface area contributed by atoms with Gasteiger partial charge < -0.3 is 9.67 Å².